The number of benzene rings is 3. The fourth-order valence-electron chi connectivity index (χ4n) is 3.99. The van der Waals surface area contributed by atoms with E-state index in [1.807, 2.05) is 36.4 Å². The van der Waals surface area contributed by atoms with Gasteiger partial charge in [-0.15, -0.1) is 0 Å². The minimum atomic E-state index is 0.280. The predicted octanol–water partition coefficient (Wildman–Crippen LogP) is 6.91. The molecule has 0 bridgehead atoms. The lowest BCUT2D eigenvalue weighted by Crippen LogP contribution is -2.10. The maximum atomic E-state index is 9.94. The lowest BCUT2D eigenvalue weighted by molar-refractivity contribution is 0.443. The Kier molecular flexibility index (Phi) is 4.92. The number of hydrogen-bond acceptors (Lipinski definition) is 2. The van der Waals surface area contributed by atoms with Crippen molar-refractivity contribution in [1.29, 1.82) is 0 Å². The second-order valence-electron chi connectivity index (χ2n) is 7.12. The van der Waals surface area contributed by atoms with E-state index in [2.05, 4.69) is 41.3 Å². The first-order valence-electron chi connectivity index (χ1n) is 9.55. The summed E-state index contributed by atoms with van der Waals surface area (Å²) in [6, 6.07) is 26.7. The molecule has 26 heavy (non-hydrogen) atoms. The number of aromatic hydroxyl groups is 1. The number of hydrogen-bond donors (Lipinski definition) is 1. The summed E-state index contributed by atoms with van der Waals surface area (Å²) < 4.78 is 0. The molecule has 2 nitrogen and oxygen atoms in total. The zero-order chi connectivity index (χ0) is 17.8. The third-order valence-corrected chi connectivity index (χ3v) is 5.33. The fraction of sp³-hybridized carbons (Fsp3) is 0.250. The number of rotatable bonds is 4. The van der Waals surface area contributed by atoms with Crippen LogP contribution < -0.4 is 4.90 Å². The zero-order valence-corrected chi connectivity index (χ0v) is 15.0. The van der Waals surface area contributed by atoms with Crippen LogP contribution in [0.5, 0.6) is 5.75 Å². The first-order chi connectivity index (χ1) is 12.8. The highest BCUT2D eigenvalue weighted by Gasteiger charge is 2.17. The van der Waals surface area contributed by atoms with Crippen LogP contribution in [0.3, 0.4) is 0 Å². The van der Waals surface area contributed by atoms with Gasteiger partial charge in [-0.2, -0.15) is 0 Å². The smallest absolute Gasteiger partial charge is 0.117 e. The SMILES string of the molecule is Oc1cccc(N(c2ccccc2)c2ccc(C3CCCCC3)cc2)c1. The van der Waals surface area contributed by atoms with Gasteiger partial charge in [0.25, 0.3) is 0 Å². The van der Waals surface area contributed by atoms with E-state index in [4.69, 9.17) is 0 Å². The molecule has 2 heteroatoms. The minimum absolute atomic E-state index is 0.280. The summed E-state index contributed by atoms with van der Waals surface area (Å²) in [6.07, 6.45) is 6.72. The van der Waals surface area contributed by atoms with Crippen LogP contribution in [-0.4, -0.2) is 5.11 Å². The largest absolute Gasteiger partial charge is 0.508 e. The van der Waals surface area contributed by atoms with E-state index < -0.39 is 0 Å². The van der Waals surface area contributed by atoms with Gasteiger partial charge in [-0.05, 0) is 60.7 Å². The van der Waals surface area contributed by atoms with Crippen LogP contribution in [0.15, 0.2) is 78.9 Å². The topological polar surface area (TPSA) is 23.5 Å². The van der Waals surface area contributed by atoms with Crippen LogP contribution in [0.1, 0.15) is 43.6 Å². The van der Waals surface area contributed by atoms with Gasteiger partial charge in [0.1, 0.15) is 5.75 Å². The van der Waals surface area contributed by atoms with E-state index in [1.54, 1.807) is 6.07 Å². The molecule has 4 rings (SSSR count). The van der Waals surface area contributed by atoms with Crippen LogP contribution in [0.4, 0.5) is 17.1 Å². The predicted molar refractivity (Wildman–Crippen MR) is 109 cm³/mol. The summed E-state index contributed by atoms with van der Waals surface area (Å²) >= 11 is 0. The molecule has 0 unspecified atom stereocenters. The van der Waals surface area contributed by atoms with Gasteiger partial charge in [0, 0.05) is 23.1 Å². The first-order valence-corrected chi connectivity index (χ1v) is 9.55. The van der Waals surface area contributed by atoms with Crippen molar-refractivity contribution in [3.63, 3.8) is 0 Å². The Morgan fingerprint density at radius 1 is 0.654 bits per heavy atom. The average Bonchev–Trinajstić information content (AvgIpc) is 2.70. The summed E-state index contributed by atoms with van der Waals surface area (Å²) in [7, 11) is 0. The van der Waals surface area contributed by atoms with Crippen molar-refractivity contribution in [1.82, 2.24) is 0 Å². The van der Waals surface area contributed by atoms with Crippen LogP contribution in [0.25, 0.3) is 0 Å². The standard InChI is InChI=1S/C24H25NO/c26-24-13-7-12-23(18-24)25(21-10-5-2-6-11-21)22-16-14-20(15-17-22)19-8-3-1-4-9-19/h2,5-7,10-19,26H,1,3-4,8-9H2. The molecule has 1 saturated carbocycles. The van der Waals surface area contributed by atoms with Crippen molar-refractivity contribution >= 4 is 17.1 Å². The molecule has 1 fully saturated rings. The van der Waals surface area contributed by atoms with Gasteiger partial charge in [-0.3, -0.25) is 0 Å². The van der Waals surface area contributed by atoms with Crippen molar-refractivity contribution in [3.8, 4) is 5.75 Å². The minimum Gasteiger partial charge on any atom is -0.508 e. The summed E-state index contributed by atoms with van der Waals surface area (Å²) in [4.78, 5) is 2.18. The van der Waals surface area contributed by atoms with Crippen molar-refractivity contribution in [2.75, 3.05) is 4.90 Å². The average molecular weight is 343 g/mol. The Morgan fingerprint density at radius 2 is 1.31 bits per heavy atom. The molecule has 132 valence electrons. The second kappa shape index (κ2) is 7.65. The summed E-state index contributed by atoms with van der Waals surface area (Å²) in [6.45, 7) is 0. The number of para-hydroxylation sites is 1. The summed E-state index contributed by atoms with van der Waals surface area (Å²) in [5.41, 5.74) is 4.61. The molecule has 0 amide bonds. The van der Waals surface area contributed by atoms with Crippen molar-refractivity contribution < 1.29 is 5.11 Å². The molecule has 3 aromatic carbocycles. The monoisotopic (exact) mass is 343 g/mol. The summed E-state index contributed by atoms with van der Waals surface area (Å²) in [5, 5.41) is 9.94. The van der Waals surface area contributed by atoms with Gasteiger partial charge in [0.15, 0.2) is 0 Å². The third-order valence-electron chi connectivity index (χ3n) is 5.33. The normalized spacial score (nSPS) is 14.9. The summed E-state index contributed by atoms with van der Waals surface area (Å²) in [5.74, 6) is 0.992. The molecular weight excluding hydrogens is 318 g/mol. The molecule has 0 aliphatic heterocycles. The molecule has 0 aromatic heterocycles. The Balaban J connectivity index is 1.70. The van der Waals surface area contributed by atoms with Gasteiger partial charge in [0.2, 0.25) is 0 Å². The number of nitrogens with zero attached hydrogens (tertiary/aromatic N) is 1. The molecule has 1 N–H and O–H groups in total. The van der Waals surface area contributed by atoms with E-state index in [0.29, 0.717) is 5.92 Å². The lowest BCUT2D eigenvalue weighted by Gasteiger charge is -2.27. The molecule has 3 aromatic rings. The second-order valence-corrected chi connectivity index (χ2v) is 7.12. The maximum Gasteiger partial charge on any atom is 0.117 e. The lowest BCUT2D eigenvalue weighted by atomic mass is 9.84. The van der Waals surface area contributed by atoms with E-state index >= 15 is 0 Å². The van der Waals surface area contributed by atoms with Gasteiger partial charge in [0.05, 0.1) is 0 Å². The van der Waals surface area contributed by atoms with E-state index in [1.165, 1.54) is 37.7 Å². The van der Waals surface area contributed by atoms with Crippen LogP contribution in [0, 0.1) is 0 Å². The highest BCUT2D eigenvalue weighted by molar-refractivity contribution is 5.77. The van der Waals surface area contributed by atoms with Crippen molar-refractivity contribution in [2.45, 2.75) is 38.0 Å². The number of phenols is 1. The molecule has 0 atom stereocenters. The molecule has 0 heterocycles. The van der Waals surface area contributed by atoms with Gasteiger partial charge >= 0.3 is 0 Å². The Bertz CT molecular complexity index is 836. The van der Waals surface area contributed by atoms with Crippen LogP contribution in [0.2, 0.25) is 0 Å². The number of phenolic OH excluding ortho intramolecular Hbond substituents is 1. The van der Waals surface area contributed by atoms with Crippen LogP contribution >= 0.6 is 0 Å². The van der Waals surface area contributed by atoms with Crippen molar-refractivity contribution in [2.24, 2.45) is 0 Å². The van der Waals surface area contributed by atoms with Gasteiger partial charge < -0.3 is 10.0 Å². The van der Waals surface area contributed by atoms with Crippen LogP contribution in [-0.2, 0) is 0 Å². The molecule has 0 radical (unpaired) electrons. The molecule has 0 saturated heterocycles. The molecule has 1 aliphatic rings. The van der Waals surface area contributed by atoms with Gasteiger partial charge in [-0.25, -0.2) is 0 Å². The van der Waals surface area contributed by atoms with Crippen molar-refractivity contribution in [3.05, 3.63) is 84.4 Å². The van der Waals surface area contributed by atoms with E-state index in [9.17, 15) is 5.11 Å². The highest BCUT2D eigenvalue weighted by Crippen LogP contribution is 2.38. The fourth-order valence-corrected chi connectivity index (χ4v) is 3.99. The Hall–Kier alpha value is -2.74. The van der Waals surface area contributed by atoms with Gasteiger partial charge in [-0.1, -0.05) is 55.7 Å². The first kappa shape index (κ1) is 16.7. The molecule has 0 spiro atoms. The highest BCUT2D eigenvalue weighted by atomic mass is 16.3. The number of anilines is 3. The molecular formula is C24H25NO. The maximum absolute atomic E-state index is 9.94. The quantitative estimate of drug-likeness (QED) is 0.556. The Labute approximate surface area is 155 Å². The molecule has 1 aliphatic carbocycles. The van der Waals surface area contributed by atoms with E-state index in [-0.39, 0.29) is 5.75 Å². The third kappa shape index (κ3) is 3.60. The van der Waals surface area contributed by atoms with E-state index in [0.717, 1.165) is 17.1 Å². The Morgan fingerprint density at radius 3 is 2.00 bits per heavy atom. The zero-order valence-electron chi connectivity index (χ0n) is 15.0.